The van der Waals surface area contributed by atoms with Crippen LogP contribution in [0.1, 0.15) is 230 Å². The monoisotopic (exact) mass is 583 g/mol. The minimum atomic E-state index is 1.18. The van der Waals surface area contributed by atoms with E-state index in [1.165, 1.54) is 212 Å². The summed E-state index contributed by atoms with van der Waals surface area (Å²) in [4.78, 5) is 0. The third-order valence-corrected chi connectivity index (χ3v) is 9.66. The van der Waals surface area contributed by atoms with Crippen LogP contribution in [-0.4, -0.2) is 0 Å². The number of unbranched alkanes of at least 4 members (excludes halogenated alkanes) is 28. The summed E-state index contributed by atoms with van der Waals surface area (Å²) in [5, 5.41) is 0. The van der Waals surface area contributed by atoms with Gasteiger partial charge in [-0.2, -0.15) is 0 Å². The van der Waals surface area contributed by atoms with Gasteiger partial charge >= 0.3 is 0 Å². The lowest BCUT2D eigenvalue weighted by Crippen LogP contribution is -1.95. The minimum absolute atomic E-state index is 1.18. The number of hydrogen-bond donors (Lipinski definition) is 0. The Morgan fingerprint density at radius 1 is 0.262 bits per heavy atom. The SMILES string of the molecule is CCCCCCCCCCCCCCCCCc1cc(CC)cc(CCCCCCCCCCCCCCCCC)c1. The van der Waals surface area contributed by atoms with Crippen LogP contribution in [0.2, 0.25) is 0 Å². The molecule has 0 aliphatic heterocycles. The lowest BCUT2D eigenvalue weighted by molar-refractivity contribution is 0.532. The van der Waals surface area contributed by atoms with E-state index in [1.54, 1.807) is 16.7 Å². The van der Waals surface area contributed by atoms with E-state index < -0.39 is 0 Å². The van der Waals surface area contributed by atoms with Crippen molar-refractivity contribution in [2.24, 2.45) is 0 Å². The molecular weight excluding hydrogens is 504 g/mol. The van der Waals surface area contributed by atoms with Gasteiger partial charge in [0.2, 0.25) is 0 Å². The van der Waals surface area contributed by atoms with Crippen molar-refractivity contribution in [1.82, 2.24) is 0 Å². The van der Waals surface area contributed by atoms with Gasteiger partial charge in [-0.15, -0.1) is 0 Å². The molecule has 0 heteroatoms. The Morgan fingerprint density at radius 2 is 0.476 bits per heavy atom. The normalized spacial score (nSPS) is 11.5. The molecule has 0 saturated heterocycles. The molecule has 0 fully saturated rings. The number of benzene rings is 1. The fourth-order valence-corrected chi connectivity index (χ4v) is 6.73. The summed E-state index contributed by atoms with van der Waals surface area (Å²) in [6, 6.07) is 7.55. The molecule has 0 bridgehead atoms. The summed E-state index contributed by atoms with van der Waals surface area (Å²) >= 11 is 0. The highest BCUT2D eigenvalue weighted by Gasteiger charge is 2.03. The molecular formula is C42H78. The quantitative estimate of drug-likeness (QED) is 0.0723. The van der Waals surface area contributed by atoms with E-state index in [9.17, 15) is 0 Å². The number of rotatable bonds is 33. The molecule has 0 aliphatic rings. The molecule has 0 amide bonds. The predicted molar refractivity (Wildman–Crippen MR) is 193 cm³/mol. The van der Waals surface area contributed by atoms with Crippen LogP contribution in [-0.2, 0) is 19.3 Å². The molecule has 1 rings (SSSR count). The molecule has 0 nitrogen and oxygen atoms in total. The maximum Gasteiger partial charge on any atom is -0.0279 e. The largest absolute Gasteiger partial charge is 0.0654 e. The first-order valence-corrected chi connectivity index (χ1v) is 19.9. The second-order valence-corrected chi connectivity index (χ2v) is 13.9. The van der Waals surface area contributed by atoms with Gasteiger partial charge in [-0.1, -0.05) is 219 Å². The Labute approximate surface area is 267 Å². The van der Waals surface area contributed by atoms with Gasteiger partial charge in [0, 0.05) is 0 Å². The molecule has 0 N–H and O–H groups in total. The molecule has 0 aliphatic carbocycles. The van der Waals surface area contributed by atoms with Gasteiger partial charge in [-0.25, -0.2) is 0 Å². The van der Waals surface area contributed by atoms with Crippen molar-refractivity contribution < 1.29 is 0 Å². The molecule has 0 aromatic heterocycles. The molecule has 1 aromatic carbocycles. The van der Waals surface area contributed by atoms with E-state index in [0.29, 0.717) is 0 Å². The molecule has 0 spiro atoms. The van der Waals surface area contributed by atoms with Gasteiger partial charge in [-0.05, 0) is 48.8 Å². The third kappa shape index (κ3) is 25.7. The predicted octanol–water partition coefficient (Wildman–Crippen LogP) is 15.1. The summed E-state index contributed by atoms with van der Waals surface area (Å²) in [5.41, 5.74) is 4.78. The summed E-state index contributed by atoms with van der Waals surface area (Å²) in [6.07, 6.45) is 47.2. The van der Waals surface area contributed by atoms with Crippen LogP contribution in [0.15, 0.2) is 18.2 Å². The number of hydrogen-bond acceptors (Lipinski definition) is 0. The van der Waals surface area contributed by atoms with Crippen molar-refractivity contribution in [2.45, 2.75) is 233 Å². The fraction of sp³-hybridized carbons (Fsp3) is 0.857. The zero-order chi connectivity index (χ0) is 30.2. The summed E-state index contributed by atoms with van der Waals surface area (Å²) in [6.45, 7) is 6.94. The molecule has 42 heavy (non-hydrogen) atoms. The van der Waals surface area contributed by atoms with E-state index in [2.05, 4.69) is 39.0 Å². The first-order chi connectivity index (χ1) is 20.8. The fourth-order valence-electron chi connectivity index (χ4n) is 6.73. The first-order valence-electron chi connectivity index (χ1n) is 19.9. The highest BCUT2D eigenvalue weighted by molar-refractivity contribution is 5.30. The highest BCUT2D eigenvalue weighted by atomic mass is 14.1. The van der Waals surface area contributed by atoms with Crippen molar-refractivity contribution in [3.05, 3.63) is 34.9 Å². The smallest absolute Gasteiger partial charge is 0.0279 e. The van der Waals surface area contributed by atoms with E-state index in [-0.39, 0.29) is 0 Å². The van der Waals surface area contributed by atoms with Crippen molar-refractivity contribution in [3.8, 4) is 0 Å². The molecule has 0 unspecified atom stereocenters. The molecule has 0 heterocycles. The maximum atomic E-state index is 2.55. The van der Waals surface area contributed by atoms with E-state index in [0.717, 1.165) is 0 Å². The van der Waals surface area contributed by atoms with Crippen molar-refractivity contribution in [1.29, 1.82) is 0 Å². The second-order valence-electron chi connectivity index (χ2n) is 13.9. The van der Waals surface area contributed by atoms with Crippen molar-refractivity contribution >= 4 is 0 Å². The summed E-state index contributed by atoms with van der Waals surface area (Å²) in [5.74, 6) is 0. The second kappa shape index (κ2) is 31.6. The van der Waals surface area contributed by atoms with Crippen molar-refractivity contribution in [3.63, 3.8) is 0 Å². The van der Waals surface area contributed by atoms with Gasteiger partial charge in [0.05, 0.1) is 0 Å². The average Bonchev–Trinajstić information content (AvgIpc) is 3.01. The van der Waals surface area contributed by atoms with E-state index in [4.69, 9.17) is 0 Å². The zero-order valence-electron chi connectivity index (χ0n) is 29.6. The summed E-state index contributed by atoms with van der Waals surface area (Å²) < 4.78 is 0. The van der Waals surface area contributed by atoms with Gasteiger partial charge in [0.25, 0.3) is 0 Å². The lowest BCUT2D eigenvalue weighted by atomic mass is 9.96. The van der Waals surface area contributed by atoms with Crippen LogP contribution in [0.5, 0.6) is 0 Å². The van der Waals surface area contributed by atoms with Crippen LogP contribution < -0.4 is 0 Å². The molecule has 0 atom stereocenters. The van der Waals surface area contributed by atoms with Crippen LogP contribution in [0.4, 0.5) is 0 Å². The van der Waals surface area contributed by atoms with Gasteiger partial charge in [-0.3, -0.25) is 0 Å². The maximum absolute atomic E-state index is 2.55. The van der Waals surface area contributed by atoms with Crippen LogP contribution in [0.25, 0.3) is 0 Å². The minimum Gasteiger partial charge on any atom is -0.0654 e. The first kappa shape index (κ1) is 39.2. The summed E-state index contributed by atoms with van der Waals surface area (Å²) in [7, 11) is 0. The third-order valence-electron chi connectivity index (χ3n) is 9.66. The molecule has 0 saturated carbocycles. The standard InChI is InChI=1S/C42H78/c1-4-7-9-11-13-15-17-19-21-23-25-27-29-31-33-35-41-37-40(6-3)38-42(39-41)36-34-32-30-28-26-24-22-20-18-16-14-12-10-8-5-2/h37-39H,4-36H2,1-3H3. The van der Waals surface area contributed by atoms with E-state index in [1.807, 2.05) is 0 Å². The average molecular weight is 583 g/mol. The van der Waals surface area contributed by atoms with Crippen LogP contribution in [0, 0.1) is 0 Å². The van der Waals surface area contributed by atoms with Crippen LogP contribution >= 0.6 is 0 Å². The van der Waals surface area contributed by atoms with Gasteiger partial charge < -0.3 is 0 Å². The molecule has 0 radical (unpaired) electrons. The molecule has 1 aromatic rings. The Bertz CT molecular complexity index is 606. The van der Waals surface area contributed by atoms with Gasteiger partial charge in [0.15, 0.2) is 0 Å². The van der Waals surface area contributed by atoms with E-state index >= 15 is 0 Å². The highest BCUT2D eigenvalue weighted by Crippen LogP contribution is 2.19. The van der Waals surface area contributed by atoms with Gasteiger partial charge in [0.1, 0.15) is 0 Å². The Balaban J connectivity index is 1.99. The molecule has 246 valence electrons. The Hall–Kier alpha value is -0.780. The topological polar surface area (TPSA) is 0 Å². The van der Waals surface area contributed by atoms with Crippen molar-refractivity contribution in [2.75, 3.05) is 0 Å². The lowest BCUT2D eigenvalue weighted by Gasteiger charge is -2.10. The number of aryl methyl sites for hydroxylation is 3. The Morgan fingerprint density at radius 3 is 0.714 bits per heavy atom. The Kier molecular flexibility index (Phi) is 29.6. The zero-order valence-corrected chi connectivity index (χ0v) is 29.6. The van der Waals surface area contributed by atoms with Crippen LogP contribution in [0.3, 0.4) is 0 Å².